The second kappa shape index (κ2) is 9.53. The lowest BCUT2D eigenvalue weighted by molar-refractivity contribution is 0.418. The number of rotatable bonds is 5. The number of nitrogens with one attached hydrogen (secondary N) is 2. The van der Waals surface area contributed by atoms with E-state index in [1.165, 1.54) is 58.2 Å². The normalized spacial score (nSPS) is 14.4. The molecule has 0 atom stereocenters. The van der Waals surface area contributed by atoms with Crippen molar-refractivity contribution in [2.24, 2.45) is 7.05 Å². The van der Waals surface area contributed by atoms with E-state index in [0.717, 1.165) is 13.0 Å². The summed E-state index contributed by atoms with van der Waals surface area (Å²) in [5.74, 6) is 0. The number of benzene rings is 2. The Balaban J connectivity index is 0.000000294. The van der Waals surface area contributed by atoms with Gasteiger partial charge in [-0.1, -0.05) is 24.3 Å². The number of fused-ring (bicyclic) bond motifs is 2. The maximum Gasteiger partial charge on any atom is 0.0480 e. The van der Waals surface area contributed by atoms with E-state index in [1.54, 1.807) is 11.9 Å². The van der Waals surface area contributed by atoms with Crippen molar-refractivity contribution in [3.63, 3.8) is 0 Å². The average Bonchev–Trinajstić information content (AvgIpc) is 3.47. The molecular formula is C24H30N4S. The molecule has 2 aromatic carbocycles. The molecule has 0 unspecified atom stereocenters. The van der Waals surface area contributed by atoms with Crippen LogP contribution in [0.3, 0.4) is 0 Å². The van der Waals surface area contributed by atoms with Crippen LogP contribution in [-0.4, -0.2) is 41.1 Å². The van der Waals surface area contributed by atoms with Gasteiger partial charge in [0.15, 0.2) is 0 Å². The predicted molar refractivity (Wildman–Crippen MR) is 126 cm³/mol. The fourth-order valence-corrected chi connectivity index (χ4v) is 4.59. The van der Waals surface area contributed by atoms with Crippen LogP contribution >= 0.6 is 11.9 Å². The zero-order valence-corrected chi connectivity index (χ0v) is 18.1. The molecule has 5 rings (SSSR count). The maximum absolute atomic E-state index is 3.47. The summed E-state index contributed by atoms with van der Waals surface area (Å²) < 4.78 is 5.68. The third-order valence-electron chi connectivity index (χ3n) is 5.52. The monoisotopic (exact) mass is 406 g/mol. The molecule has 1 fully saturated rings. The first-order chi connectivity index (χ1) is 14.2. The smallest absolute Gasteiger partial charge is 0.0480 e. The van der Waals surface area contributed by atoms with E-state index in [2.05, 4.69) is 88.0 Å². The third-order valence-corrected chi connectivity index (χ3v) is 6.36. The first kappa shape index (κ1) is 20.1. The van der Waals surface area contributed by atoms with Crippen LogP contribution in [0.5, 0.6) is 0 Å². The third kappa shape index (κ3) is 5.04. The van der Waals surface area contributed by atoms with Crippen LogP contribution in [0.1, 0.15) is 18.4 Å². The van der Waals surface area contributed by atoms with Crippen molar-refractivity contribution in [1.29, 1.82) is 0 Å². The Morgan fingerprint density at radius 3 is 2.66 bits per heavy atom. The molecule has 1 aliphatic rings. The molecule has 0 bridgehead atoms. The quantitative estimate of drug-likeness (QED) is 0.353. The van der Waals surface area contributed by atoms with Gasteiger partial charge in [0.05, 0.1) is 0 Å². The van der Waals surface area contributed by atoms with E-state index in [4.69, 9.17) is 0 Å². The van der Waals surface area contributed by atoms with Gasteiger partial charge in [-0.25, -0.2) is 0 Å². The highest BCUT2D eigenvalue weighted by Crippen LogP contribution is 2.22. The molecule has 2 N–H and O–H groups in total. The molecule has 152 valence electrons. The summed E-state index contributed by atoms with van der Waals surface area (Å²) in [5.41, 5.74) is 3.88. The molecule has 4 aromatic rings. The second-order valence-corrected chi connectivity index (χ2v) is 8.73. The summed E-state index contributed by atoms with van der Waals surface area (Å²) in [6, 6.07) is 17.2. The molecule has 1 aliphatic heterocycles. The molecular weight excluding hydrogens is 376 g/mol. The molecule has 5 heteroatoms. The molecule has 1 saturated heterocycles. The van der Waals surface area contributed by atoms with E-state index in [9.17, 15) is 0 Å². The summed E-state index contributed by atoms with van der Waals surface area (Å²) in [7, 11) is 4.28. The molecule has 0 radical (unpaired) electrons. The van der Waals surface area contributed by atoms with Crippen LogP contribution < -0.4 is 4.72 Å². The Morgan fingerprint density at radius 1 is 1.03 bits per heavy atom. The van der Waals surface area contributed by atoms with Gasteiger partial charge in [0.25, 0.3) is 0 Å². The van der Waals surface area contributed by atoms with Crippen molar-refractivity contribution in [3.05, 3.63) is 66.5 Å². The Hall–Kier alpha value is -2.21. The van der Waals surface area contributed by atoms with E-state index in [1.807, 2.05) is 6.20 Å². The van der Waals surface area contributed by atoms with Gasteiger partial charge in [0, 0.05) is 47.3 Å². The lowest BCUT2D eigenvalue weighted by Gasteiger charge is -2.04. The predicted octanol–water partition coefficient (Wildman–Crippen LogP) is 5.21. The van der Waals surface area contributed by atoms with Gasteiger partial charge in [0.2, 0.25) is 0 Å². The van der Waals surface area contributed by atoms with Crippen molar-refractivity contribution in [1.82, 2.24) is 19.2 Å². The minimum atomic E-state index is 0.946. The van der Waals surface area contributed by atoms with Crippen LogP contribution in [0.2, 0.25) is 0 Å². The van der Waals surface area contributed by atoms with Crippen LogP contribution in [0.15, 0.2) is 65.8 Å². The summed E-state index contributed by atoms with van der Waals surface area (Å²) in [5, 5.41) is 2.61. The van der Waals surface area contributed by atoms with E-state index >= 15 is 0 Å². The Morgan fingerprint density at radius 2 is 1.86 bits per heavy atom. The molecule has 3 heterocycles. The van der Waals surface area contributed by atoms with Crippen LogP contribution in [0.4, 0.5) is 0 Å². The number of hydrogen-bond acceptors (Lipinski definition) is 3. The molecule has 4 nitrogen and oxygen atoms in total. The van der Waals surface area contributed by atoms with Crippen molar-refractivity contribution < 1.29 is 0 Å². The summed E-state index contributed by atoms with van der Waals surface area (Å²) in [4.78, 5) is 6.85. The van der Waals surface area contributed by atoms with E-state index < -0.39 is 0 Å². The zero-order chi connectivity index (χ0) is 20.1. The highest BCUT2D eigenvalue weighted by Gasteiger charge is 2.06. The Kier molecular flexibility index (Phi) is 6.60. The standard InChI is InChI=1S/C19H19N3S.C5H11N/c1-22-13-15(17-4-2-3-5-19(17)22)9-11-21-23-16-7-6-14-8-10-20-18(14)12-16;1-6-4-2-3-5-6/h2-8,10,12-13,20-21H,9,11H2,1H3;2-5H2,1H3. The number of likely N-dealkylation sites (tertiary alicyclic amines) is 1. The number of para-hydroxylation sites is 1. The van der Waals surface area contributed by atoms with Gasteiger partial charge in [-0.15, -0.1) is 0 Å². The van der Waals surface area contributed by atoms with Gasteiger partial charge >= 0.3 is 0 Å². The largest absolute Gasteiger partial charge is 0.361 e. The molecule has 0 amide bonds. The van der Waals surface area contributed by atoms with E-state index in [0.29, 0.717) is 0 Å². The summed E-state index contributed by atoms with van der Waals surface area (Å²) in [6.07, 6.45) is 8.07. The number of hydrogen-bond donors (Lipinski definition) is 2. The fourth-order valence-electron chi connectivity index (χ4n) is 3.91. The van der Waals surface area contributed by atoms with Gasteiger partial charge in [-0.05, 0) is 86.6 Å². The van der Waals surface area contributed by atoms with Crippen molar-refractivity contribution in [2.45, 2.75) is 24.2 Å². The molecule has 2 aromatic heterocycles. The van der Waals surface area contributed by atoms with Gasteiger partial charge in [-0.3, -0.25) is 4.72 Å². The number of nitrogens with zero attached hydrogens (tertiary/aromatic N) is 2. The second-order valence-electron chi connectivity index (χ2n) is 7.77. The topological polar surface area (TPSA) is 36.0 Å². The number of H-pyrrole nitrogens is 1. The maximum atomic E-state index is 3.47. The SMILES string of the molecule is CN1CCCC1.Cn1cc(CCNSc2ccc3cc[nH]c3c2)c2ccccc21. The molecule has 0 spiro atoms. The lowest BCUT2D eigenvalue weighted by Crippen LogP contribution is -2.10. The van der Waals surface area contributed by atoms with E-state index in [-0.39, 0.29) is 0 Å². The first-order valence-corrected chi connectivity index (χ1v) is 11.2. The number of aromatic nitrogens is 2. The molecule has 0 aliphatic carbocycles. The van der Waals surface area contributed by atoms with Crippen LogP contribution in [0.25, 0.3) is 21.8 Å². The Bertz CT molecular complexity index is 1060. The Labute approximate surface area is 177 Å². The molecule has 29 heavy (non-hydrogen) atoms. The van der Waals surface area contributed by atoms with Gasteiger partial charge in [-0.2, -0.15) is 0 Å². The highest BCUT2D eigenvalue weighted by atomic mass is 32.2. The minimum absolute atomic E-state index is 0.946. The highest BCUT2D eigenvalue weighted by molar-refractivity contribution is 7.97. The summed E-state index contributed by atoms with van der Waals surface area (Å²) >= 11 is 1.69. The van der Waals surface area contributed by atoms with Crippen LogP contribution in [0, 0.1) is 0 Å². The summed E-state index contributed by atoms with van der Waals surface area (Å²) in [6.45, 7) is 3.58. The fraction of sp³-hybridized carbons (Fsp3) is 0.333. The first-order valence-electron chi connectivity index (χ1n) is 10.4. The lowest BCUT2D eigenvalue weighted by atomic mass is 10.1. The zero-order valence-electron chi connectivity index (χ0n) is 17.3. The van der Waals surface area contributed by atoms with Crippen molar-refractivity contribution in [3.8, 4) is 0 Å². The van der Waals surface area contributed by atoms with Crippen LogP contribution in [-0.2, 0) is 13.5 Å². The number of aryl methyl sites for hydroxylation is 1. The minimum Gasteiger partial charge on any atom is -0.361 e. The average molecular weight is 407 g/mol. The van der Waals surface area contributed by atoms with Crippen molar-refractivity contribution in [2.75, 3.05) is 26.7 Å². The van der Waals surface area contributed by atoms with Gasteiger partial charge in [0.1, 0.15) is 0 Å². The molecule has 0 saturated carbocycles. The number of aromatic amines is 1. The van der Waals surface area contributed by atoms with Gasteiger partial charge < -0.3 is 14.5 Å². The van der Waals surface area contributed by atoms with Crippen molar-refractivity contribution >= 4 is 33.8 Å².